The zero-order valence-electron chi connectivity index (χ0n) is 13.0. The number of esters is 1. The molecule has 0 aliphatic heterocycles. The Hall–Kier alpha value is -1.84. The molecule has 0 heterocycles. The average molecular weight is 291 g/mol. The molecule has 1 aromatic carbocycles. The summed E-state index contributed by atoms with van der Waals surface area (Å²) >= 11 is 0. The molecular formula is C17H25NO3. The van der Waals surface area contributed by atoms with E-state index in [1.54, 1.807) is 6.92 Å². The van der Waals surface area contributed by atoms with Gasteiger partial charge in [0.1, 0.15) is 0 Å². The van der Waals surface area contributed by atoms with Crippen LogP contribution in [-0.4, -0.2) is 25.0 Å². The molecule has 0 fully saturated rings. The van der Waals surface area contributed by atoms with E-state index in [1.807, 2.05) is 12.1 Å². The molecule has 0 aromatic heterocycles. The Bertz CT molecular complexity index is 440. The molecule has 1 amide bonds. The molecule has 0 spiro atoms. The molecule has 21 heavy (non-hydrogen) atoms. The largest absolute Gasteiger partial charge is 0.466 e. The van der Waals surface area contributed by atoms with E-state index < -0.39 is 0 Å². The zero-order valence-corrected chi connectivity index (χ0v) is 13.0. The first-order chi connectivity index (χ1) is 10.2. The van der Waals surface area contributed by atoms with Crippen LogP contribution in [0.5, 0.6) is 0 Å². The number of ether oxygens (including phenoxy) is 1. The van der Waals surface area contributed by atoms with Crippen LogP contribution in [0.4, 0.5) is 0 Å². The molecule has 0 saturated carbocycles. The van der Waals surface area contributed by atoms with E-state index in [-0.39, 0.29) is 18.3 Å². The zero-order chi connectivity index (χ0) is 15.5. The molecule has 116 valence electrons. The number of carbonyl (C=O) groups excluding carboxylic acids is 2. The minimum absolute atomic E-state index is 0.0689. The number of nitrogens with one attached hydrogen (secondary N) is 1. The van der Waals surface area contributed by atoms with Crippen molar-refractivity contribution in [3.05, 3.63) is 35.4 Å². The van der Waals surface area contributed by atoms with Gasteiger partial charge in [-0.05, 0) is 30.9 Å². The van der Waals surface area contributed by atoms with E-state index in [0.717, 1.165) is 12.0 Å². The molecule has 1 aromatic rings. The Labute approximate surface area is 126 Å². The number of aryl methyl sites for hydroxylation is 1. The fourth-order valence-corrected chi connectivity index (χ4v) is 1.99. The molecule has 0 aliphatic carbocycles. The molecule has 0 atom stereocenters. The summed E-state index contributed by atoms with van der Waals surface area (Å²) in [7, 11) is 0. The second-order valence-corrected chi connectivity index (χ2v) is 5.00. The van der Waals surface area contributed by atoms with E-state index in [0.29, 0.717) is 19.6 Å². The monoisotopic (exact) mass is 291 g/mol. The number of benzene rings is 1. The smallest absolute Gasteiger partial charge is 0.307 e. The number of hydrogen-bond donors (Lipinski definition) is 1. The van der Waals surface area contributed by atoms with E-state index in [4.69, 9.17) is 4.74 Å². The van der Waals surface area contributed by atoms with Crippen LogP contribution in [0.2, 0.25) is 0 Å². The van der Waals surface area contributed by atoms with Gasteiger partial charge < -0.3 is 10.1 Å². The Morgan fingerprint density at radius 3 is 2.38 bits per heavy atom. The second-order valence-electron chi connectivity index (χ2n) is 5.00. The first-order valence-electron chi connectivity index (χ1n) is 7.65. The maximum atomic E-state index is 11.7. The van der Waals surface area contributed by atoms with Crippen molar-refractivity contribution in [3.63, 3.8) is 0 Å². The van der Waals surface area contributed by atoms with Crippen LogP contribution in [-0.2, 0) is 27.2 Å². The summed E-state index contributed by atoms with van der Waals surface area (Å²) in [5.41, 5.74) is 2.30. The van der Waals surface area contributed by atoms with Crippen molar-refractivity contribution in [1.29, 1.82) is 0 Å². The molecule has 0 bridgehead atoms. The normalized spacial score (nSPS) is 10.2. The number of unbranched alkanes of at least 4 members (excludes halogenated alkanes) is 1. The van der Waals surface area contributed by atoms with Gasteiger partial charge in [0.15, 0.2) is 0 Å². The van der Waals surface area contributed by atoms with Gasteiger partial charge in [0.05, 0.1) is 19.4 Å². The third kappa shape index (κ3) is 7.49. The standard InChI is InChI=1S/C17H25NO3/c1-3-5-6-14-7-9-15(10-8-14)13-16(19)18-12-11-17(20)21-4-2/h7-10H,3-6,11-13H2,1-2H3,(H,18,19). The second kappa shape index (κ2) is 9.97. The Morgan fingerprint density at radius 2 is 1.76 bits per heavy atom. The minimum atomic E-state index is -0.280. The van der Waals surface area contributed by atoms with Crippen LogP contribution < -0.4 is 5.32 Å². The quantitative estimate of drug-likeness (QED) is 0.712. The van der Waals surface area contributed by atoms with E-state index >= 15 is 0 Å². The molecule has 4 nitrogen and oxygen atoms in total. The van der Waals surface area contributed by atoms with Gasteiger partial charge in [0.2, 0.25) is 5.91 Å². The topological polar surface area (TPSA) is 55.4 Å². The van der Waals surface area contributed by atoms with Crippen molar-refractivity contribution in [3.8, 4) is 0 Å². The predicted octanol–water partition coefficient (Wildman–Crippen LogP) is 2.64. The summed E-state index contributed by atoms with van der Waals surface area (Å²) in [6.45, 7) is 4.64. The molecule has 4 heteroatoms. The first-order valence-corrected chi connectivity index (χ1v) is 7.65. The van der Waals surface area contributed by atoms with Gasteiger partial charge in [-0.2, -0.15) is 0 Å². The Kier molecular flexibility index (Phi) is 8.17. The van der Waals surface area contributed by atoms with Crippen LogP contribution in [0.3, 0.4) is 0 Å². The van der Waals surface area contributed by atoms with Crippen LogP contribution in [0.1, 0.15) is 44.2 Å². The molecule has 0 radical (unpaired) electrons. The van der Waals surface area contributed by atoms with Gasteiger partial charge in [-0.25, -0.2) is 0 Å². The van der Waals surface area contributed by atoms with Crippen molar-refractivity contribution >= 4 is 11.9 Å². The highest BCUT2D eigenvalue weighted by Gasteiger charge is 2.05. The van der Waals surface area contributed by atoms with Gasteiger partial charge in [-0.3, -0.25) is 9.59 Å². The third-order valence-corrected chi connectivity index (χ3v) is 3.16. The fourth-order valence-electron chi connectivity index (χ4n) is 1.99. The lowest BCUT2D eigenvalue weighted by Gasteiger charge is -2.06. The Morgan fingerprint density at radius 1 is 1.10 bits per heavy atom. The maximum absolute atomic E-state index is 11.7. The van der Waals surface area contributed by atoms with Crippen molar-refractivity contribution < 1.29 is 14.3 Å². The predicted molar refractivity (Wildman–Crippen MR) is 83.0 cm³/mol. The van der Waals surface area contributed by atoms with E-state index in [9.17, 15) is 9.59 Å². The molecule has 0 aliphatic rings. The van der Waals surface area contributed by atoms with Gasteiger partial charge in [0, 0.05) is 6.54 Å². The van der Waals surface area contributed by atoms with Crippen molar-refractivity contribution in [2.24, 2.45) is 0 Å². The lowest BCUT2D eigenvalue weighted by Crippen LogP contribution is -2.27. The van der Waals surface area contributed by atoms with Crippen LogP contribution in [0, 0.1) is 0 Å². The average Bonchev–Trinajstić information content (AvgIpc) is 2.47. The Balaban J connectivity index is 2.29. The number of amides is 1. The van der Waals surface area contributed by atoms with Crippen LogP contribution in [0.15, 0.2) is 24.3 Å². The lowest BCUT2D eigenvalue weighted by molar-refractivity contribution is -0.143. The summed E-state index contributed by atoms with van der Waals surface area (Å²) in [5.74, 6) is -0.348. The molecular weight excluding hydrogens is 266 g/mol. The lowest BCUT2D eigenvalue weighted by atomic mass is 10.0. The van der Waals surface area contributed by atoms with Crippen molar-refractivity contribution in [1.82, 2.24) is 5.32 Å². The highest BCUT2D eigenvalue weighted by Crippen LogP contribution is 2.08. The van der Waals surface area contributed by atoms with Gasteiger partial charge >= 0.3 is 5.97 Å². The maximum Gasteiger partial charge on any atom is 0.307 e. The molecule has 1 rings (SSSR count). The number of rotatable bonds is 9. The van der Waals surface area contributed by atoms with Gasteiger partial charge in [-0.1, -0.05) is 37.6 Å². The van der Waals surface area contributed by atoms with Crippen molar-refractivity contribution in [2.75, 3.05) is 13.2 Å². The summed E-state index contributed by atoms with van der Waals surface area (Å²) in [4.78, 5) is 22.9. The SMILES string of the molecule is CCCCc1ccc(CC(=O)NCCC(=O)OCC)cc1. The number of hydrogen-bond acceptors (Lipinski definition) is 3. The fraction of sp³-hybridized carbons (Fsp3) is 0.529. The van der Waals surface area contributed by atoms with E-state index in [2.05, 4.69) is 24.4 Å². The highest BCUT2D eigenvalue weighted by atomic mass is 16.5. The summed E-state index contributed by atoms with van der Waals surface area (Å²) in [5, 5.41) is 2.73. The molecule has 1 N–H and O–H groups in total. The van der Waals surface area contributed by atoms with Gasteiger partial charge in [-0.15, -0.1) is 0 Å². The minimum Gasteiger partial charge on any atom is -0.466 e. The van der Waals surface area contributed by atoms with Crippen LogP contribution in [0.25, 0.3) is 0 Å². The summed E-state index contributed by atoms with van der Waals surface area (Å²) in [6.07, 6.45) is 4.02. The summed E-state index contributed by atoms with van der Waals surface area (Å²) < 4.78 is 4.80. The van der Waals surface area contributed by atoms with Crippen LogP contribution >= 0.6 is 0 Å². The van der Waals surface area contributed by atoms with Gasteiger partial charge in [0.25, 0.3) is 0 Å². The summed E-state index contributed by atoms with van der Waals surface area (Å²) in [6, 6.07) is 8.15. The molecule has 0 unspecified atom stereocenters. The highest BCUT2D eigenvalue weighted by molar-refractivity contribution is 5.79. The van der Waals surface area contributed by atoms with E-state index in [1.165, 1.54) is 18.4 Å². The molecule has 0 saturated heterocycles. The third-order valence-electron chi connectivity index (χ3n) is 3.16. The first kappa shape index (κ1) is 17.2. The number of carbonyl (C=O) groups is 2. The van der Waals surface area contributed by atoms with Crippen molar-refractivity contribution in [2.45, 2.75) is 46.0 Å².